The molecule has 5 heteroatoms. The van der Waals surface area contributed by atoms with Gasteiger partial charge in [0.1, 0.15) is 0 Å². The first kappa shape index (κ1) is 13.7. The minimum Gasteiger partial charge on any atom is -0.494 e. The molecule has 2 aromatic rings. The van der Waals surface area contributed by atoms with Crippen molar-refractivity contribution in [2.75, 3.05) is 18.2 Å². The molecule has 19 heavy (non-hydrogen) atoms. The van der Waals surface area contributed by atoms with Crippen LogP contribution in [-0.4, -0.2) is 7.11 Å². The predicted molar refractivity (Wildman–Crippen MR) is 79.5 cm³/mol. The van der Waals surface area contributed by atoms with Crippen molar-refractivity contribution >= 4 is 33.0 Å². The molecule has 0 saturated heterocycles. The van der Waals surface area contributed by atoms with E-state index in [1.807, 2.05) is 19.1 Å². The molecule has 100 valence electrons. The standard InChI is InChI=1S/C14H14BrFN2O/c1-8-5-13(10(15)7-12(8)17)18-9-3-4-14(19-2)11(16)6-9/h3-7,18H,17H2,1-2H3. The molecule has 0 radical (unpaired) electrons. The van der Waals surface area contributed by atoms with E-state index >= 15 is 0 Å². The van der Waals surface area contributed by atoms with E-state index in [4.69, 9.17) is 10.5 Å². The first-order valence-corrected chi connectivity index (χ1v) is 6.46. The summed E-state index contributed by atoms with van der Waals surface area (Å²) in [7, 11) is 1.44. The van der Waals surface area contributed by atoms with Crippen molar-refractivity contribution in [1.82, 2.24) is 0 Å². The molecule has 0 aliphatic heterocycles. The molecule has 0 aliphatic carbocycles. The van der Waals surface area contributed by atoms with Crippen LogP contribution in [0.2, 0.25) is 0 Å². The Kier molecular flexibility index (Phi) is 3.95. The van der Waals surface area contributed by atoms with Crippen molar-refractivity contribution in [3.05, 3.63) is 46.2 Å². The number of nitrogens with one attached hydrogen (secondary N) is 1. The molecule has 3 N–H and O–H groups in total. The molecular formula is C14H14BrFN2O. The SMILES string of the molecule is COc1ccc(Nc2cc(C)c(N)cc2Br)cc1F. The summed E-state index contributed by atoms with van der Waals surface area (Å²) in [6, 6.07) is 8.44. The summed E-state index contributed by atoms with van der Waals surface area (Å²) in [5.74, 6) is -0.186. The van der Waals surface area contributed by atoms with Crippen LogP contribution in [0.3, 0.4) is 0 Å². The van der Waals surface area contributed by atoms with Crippen molar-refractivity contribution < 1.29 is 9.13 Å². The van der Waals surface area contributed by atoms with Gasteiger partial charge < -0.3 is 15.8 Å². The maximum atomic E-state index is 13.6. The fraction of sp³-hybridized carbons (Fsp3) is 0.143. The van der Waals surface area contributed by atoms with Crippen molar-refractivity contribution in [2.45, 2.75) is 6.92 Å². The molecule has 0 aromatic heterocycles. The number of anilines is 3. The maximum Gasteiger partial charge on any atom is 0.167 e. The molecule has 0 saturated carbocycles. The summed E-state index contributed by atoms with van der Waals surface area (Å²) in [5, 5.41) is 3.13. The average molecular weight is 325 g/mol. The van der Waals surface area contributed by atoms with E-state index in [-0.39, 0.29) is 5.75 Å². The van der Waals surface area contributed by atoms with E-state index in [0.717, 1.165) is 15.7 Å². The number of hydrogen-bond donors (Lipinski definition) is 2. The van der Waals surface area contributed by atoms with Gasteiger partial charge in [0.05, 0.1) is 12.8 Å². The summed E-state index contributed by atoms with van der Waals surface area (Å²) in [6.07, 6.45) is 0. The van der Waals surface area contributed by atoms with E-state index in [1.165, 1.54) is 13.2 Å². The van der Waals surface area contributed by atoms with Crippen LogP contribution in [0.1, 0.15) is 5.56 Å². The van der Waals surface area contributed by atoms with Crippen LogP contribution < -0.4 is 15.8 Å². The zero-order valence-electron chi connectivity index (χ0n) is 10.6. The molecule has 3 nitrogen and oxygen atoms in total. The van der Waals surface area contributed by atoms with Crippen molar-refractivity contribution in [3.8, 4) is 5.75 Å². The Morgan fingerprint density at radius 1 is 1.26 bits per heavy atom. The third-order valence-corrected chi connectivity index (χ3v) is 3.44. The second kappa shape index (κ2) is 5.48. The fourth-order valence-electron chi connectivity index (χ4n) is 1.69. The summed E-state index contributed by atoms with van der Waals surface area (Å²) in [4.78, 5) is 0. The van der Waals surface area contributed by atoms with Crippen LogP contribution >= 0.6 is 15.9 Å². The molecule has 2 aromatic carbocycles. The number of hydrogen-bond acceptors (Lipinski definition) is 3. The Morgan fingerprint density at radius 3 is 2.63 bits per heavy atom. The van der Waals surface area contributed by atoms with Crippen LogP contribution in [0, 0.1) is 12.7 Å². The largest absolute Gasteiger partial charge is 0.494 e. The smallest absolute Gasteiger partial charge is 0.167 e. The lowest BCUT2D eigenvalue weighted by Gasteiger charge is -2.12. The van der Waals surface area contributed by atoms with Gasteiger partial charge >= 0.3 is 0 Å². The van der Waals surface area contributed by atoms with Gasteiger partial charge in [0, 0.05) is 21.9 Å². The van der Waals surface area contributed by atoms with Gasteiger partial charge in [-0.3, -0.25) is 0 Å². The lowest BCUT2D eigenvalue weighted by Crippen LogP contribution is -1.97. The third kappa shape index (κ3) is 2.98. The Balaban J connectivity index is 2.31. The highest BCUT2D eigenvalue weighted by molar-refractivity contribution is 9.10. The molecule has 0 bridgehead atoms. The van der Waals surface area contributed by atoms with Gasteiger partial charge in [-0.15, -0.1) is 0 Å². The predicted octanol–water partition coefficient (Wildman–Crippen LogP) is 4.23. The lowest BCUT2D eigenvalue weighted by molar-refractivity contribution is 0.386. The minimum absolute atomic E-state index is 0.220. The molecule has 0 spiro atoms. The second-order valence-electron chi connectivity index (χ2n) is 4.16. The molecule has 0 amide bonds. The molecule has 2 rings (SSSR count). The van der Waals surface area contributed by atoms with Gasteiger partial charge in [-0.1, -0.05) is 0 Å². The van der Waals surface area contributed by atoms with Gasteiger partial charge in [0.2, 0.25) is 0 Å². The Morgan fingerprint density at radius 2 is 2.00 bits per heavy atom. The Bertz CT molecular complexity index is 617. The van der Waals surface area contributed by atoms with E-state index in [0.29, 0.717) is 11.4 Å². The first-order chi connectivity index (χ1) is 9.01. The van der Waals surface area contributed by atoms with Crippen molar-refractivity contribution in [3.63, 3.8) is 0 Å². The highest BCUT2D eigenvalue weighted by Gasteiger charge is 2.07. The van der Waals surface area contributed by atoms with E-state index in [9.17, 15) is 4.39 Å². The molecule has 0 heterocycles. The van der Waals surface area contributed by atoms with Gasteiger partial charge in [0.25, 0.3) is 0 Å². The number of halogens is 2. The topological polar surface area (TPSA) is 47.3 Å². The lowest BCUT2D eigenvalue weighted by atomic mass is 10.2. The summed E-state index contributed by atoms with van der Waals surface area (Å²) in [6.45, 7) is 1.92. The van der Waals surface area contributed by atoms with E-state index in [2.05, 4.69) is 21.2 Å². The molecule has 0 atom stereocenters. The number of benzene rings is 2. The summed E-state index contributed by atoms with van der Waals surface area (Å²) in [5.41, 5.74) is 8.95. The third-order valence-electron chi connectivity index (χ3n) is 2.79. The van der Waals surface area contributed by atoms with Gasteiger partial charge in [-0.2, -0.15) is 0 Å². The first-order valence-electron chi connectivity index (χ1n) is 5.67. The van der Waals surface area contributed by atoms with Gasteiger partial charge in [0.15, 0.2) is 11.6 Å². The monoisotopic (exact) mass is 324 g/mol. The number of aryl methyl sites for hydroxylation is 1. The number of nitrogen functional groups attached to an aromatic ring is 1. The van der Waals surface area contributed by atoms with E-state index < -0.39 is 5.82 Å². The minimum atomic E-state index is -0.407. The van der Waals surface area contributed by atoms with E-state index in [1.54, 1.807) is 12.1 Å². The highest BCUT2D eigenvalue weighted by Crippen LogP contribution is 2.31. The maximum absolute atomic E-state index is 13.6. The van der Waals surface area contributed by atoms with Crippen molar-refractivity contribution in [2.24, 2.45) is 0 Å². The fourth-order valence-corrected chi connectivity index (χ4v) is 2.15. The highest BCUT2D eigenvalue weighted by atomic mass is 79.9. The van der Waals surface area contributed by atoms with Crippen LogP contribution in [-0.2, 0) is 0 Å². The zero-order chi connectivity index (χ0) is 14.0. The number of methoxy groups -OCH3 is 1. The normalized spacial score (nSPS) is 10.3. The van der Waals surface area contributed by atoms with Crippen molar-refractivity contribution in [1.29, 1.82) is 0 Å². The number of nitrogens with two attached hydrogens (primary N) is 1. The quantitative estimate of drug-likeness (QED) is 0.830. The zero-order valence-corrected chi connectivity index (χ0v) is 12.2. The van der Waals surface area contributed by atoms with Crippen LogP contribution in [0.4, 0.5) is 21.5 Å². The van der Waals surface area contributed by atoms with Crippen LogP contribution in [0.5, 0.6) is 5.75 Å². The summed E-state index contributed by atoms with van der Waals surface area (Å²) < 4.78 is 19.3. The molecule has 0 fully saturated rings. The van der Waals surface area contributed by atoms with Crippen LogP contribution in [0.25, 0.3) is 0 Å². The summed E-state index contributed by atoms with van der Waals surface area (Å²) >= 11 is 3.42. The second-order valence-corrected chi connectivity index (χ2v) is 5.02. The number of rotatable bonds is 3. The number of ether oxygens (including phenoxy) is 1. The average Bonchev–Trinajstić information content (AvgIpc) is 2.36. The molecule has 0 aliphatic rings. The van der Waals surface area contributed by atoms with Gasteiger partial charge in [-0.05, 0) is 52.7 Å². The Labute approximate surface area is 119 Å². The van der Waals surface area contributed by atoms with Gasteiger partial charge in [-0.25, -0.2) is 4.39 Å². The van der Waals surface area contributed by atoms with Crippen LogP contribution in [0.15, 0.2) is 34.8 Å². The molecule has 0 unspecified atom stereocenters. The molecular weight excluding hydrogens is 311 g/mol. The Hall–Kier alpha value is -1.75.